The number of aliphatic hydroxyl groups is 2. The van der Waals surface area contributed by atoms with Gasteiger partial charge in [0.25, 0.3) is 5.56 Å². The Bertz CT molecular complexity index is 554. The van der Waals surface area contributed by atoms with Gasteiger partial charge in [0, 0.05) is 5.92 Å². The minimum atomic E-state index is -1.12. The number of ether oxygens (including phenoxy) is 1. The number of nitrogens with zero attached hydrogens (tertiary/aromatic N) is 1. The smallest absolute Gasteiger partial charge is 0.330 e. The molecule has 2 rings (SSSR count). The van der Waals surface area contributed by atoms with Crippen LogP contribution in [0.25, 0.3) is 0 Å². The average Bonchev–Trinajstić information content (AvgIpc) is 2.61. The van der Waals surface area contributed by atoms with Crippen molar-refractivity contribution >= 4 is 0 Å². The van der Waals surface area contributed by atoms with Crippen molar-refractivity contribution in [1.29, 1.82) is 0 Å². The van der Waals surface area contributed by atoms with Gasteiger partial charge in [-0.15, -0.1) is 0 Å². The van der Waals surface area contributed by atoms with Gasteiger partial charge in [0.05, 0.1) is 18.9 Å². The number of H-pyrrole nitrogens is 1. The number of hydrogen-bond donors (Lipinski definition) is 3. The van der Waals surface area contributed by atoms with Crippen LogP contribution in [0.5, 0.6) is 0 Å². The molecule has 0 aromatic carbocycles. The first-order valence-electron chi connectivity index (χ1n) is 5.41. The molecule has 0 unspecified atom stereocenters. The number of nitrogens with one attached hydrogen (secondary N) is 1. The maximum atomic E-state index is 13.1. The van der Waals surface area contributed by atoms with Gasteiger partial charge in [-0.3, -0.25) is 14.3 Å². The number of halogens is 1. The van der Waals surface area contributed by atoms with Crippen LogP contribution in [0.1, 0.15) is 13.2 Å². The Hall–Kier alpha value is -1.51. The fourth-order valence-corrected chi connectivity index (χ4v) is 2.01. The van der Waals surface area contributed by atoms with Crippen LogP contribution < -0.4 is 11.2 Å². The van der Waals surface area contributed by atoms with E-state index in [4.69, 9.17) is 9.84 Å². The minimum absolute atomic E-state index is 0.414. The summed E-state index contributed by atoms with van der Waals surface area (Å²) in [6.07, 6.45) is -2.01. The Morgan fingerprint density at radius 2 is 2.22 bits per heavy atom. The molecular formula is C10H13FN2O5. The SMILES string of the molecule is C[C@@H]1[C@H](O)[C@@H](CO)O[C@H]1n1cc(F)c(=O)[nH]c1=O. The molecule has 1 aliphatic rings. The van der Waals surface area contributed by atoms with E-state index in [1.54, 1.807) is 11.9 Å². The number of aliphatic hydroxyl groups excluding tert-OH is 2. The summed E-state index contributed by atoms with van der Waals surface area (Å²) in [7, 11) is 0. The molecule has 18 heavy (non-hydrogen) atoms. The first-order chi connectivity index (χ1) is 8.45. The second-order valence-corrected chi connectivity index (χ2v) is 4.24. The summed E-state index contributed by atoms with van der Waals surface area (Å²) in [6, 6.07) is 0. The predicted octanol–water partition coefficient (Wildman–Crippen LogP) is -1.44. The second-order valence-electron chi connectivity index (χ2n) is 4.24. The Morgan fingerprint density at radius 1 is 1.56 bits per heavy atom. The van der Waals surface area contributed by atoms with Crippen molar-refractivity contribution in [3.8, 4) is 0 Å². The molecule has 0 aliphatic carbocycles. The lowest BCUT2D eigenvalue weighted by Gasteiger charge is -2.17. The Morgan fingerprint density at radius 3 is 2.78 bits per heavy atom. The van der Waals surface area contributed by atoms with E-state index in [9.17, 15) is 19.1 Å². The van der Waals surface area contributed by atoms with Gasteiger partial charge < -0.3 is 14.9 Å². The lowest BCUT2D eigenvalue weighted by atomic mass is 10.0. The first kappa shape index (κ1) is 12.9. The van der Waals surface area contributed by atoms with Crippen molar-refractivity contribution in [2.24, 2.45) is 5.92 Å². The Kier molecular flexibility index (Phi) is 3.33. The van der Waals surface area contributed by atoms with Gasteiger partial charge in [0.2, 0.25) is 5.82 Å². The van der Waals surface area contributed by atoms with Crippen molar-refractivity contribution in [3.05, 3.63) is 32.9 Å². The molecule has 1 fully saturated rings. The molecule has 2 heterocycles. The summed E-state index contributed by atoms with van der Waals surface area (Å²) in [5, 5.41) is 18.7. The molecule has 4 atom stereocenters. The first-order valence-corrected chi connectivity index (χ1v) is 5.41. The molecule has 0 bridgehead atoms. The van der Waals surface area contributed by atoms with E-state index in [-0.39, 0.29) is 0 Å². The zero-order valence-corrected chi connectivity index (χ0v) is 9.54. The van der Waals surface area contributed by atoms with Crippen LogP contribution in [0.4, 0.5) is 4.39 Å². The third kappa shape index (κ3) is 1.98. The van der Waals surface area contributed by atoms with E-state index in [1.165, 1.54) is 0 Å². The van der Waals surface area contributed by atoms with Crippen molar-refractivity contribution in [1.82, 2.24) is 9.55 Å². The summed E-state index contributed by atoms with van der Waals surface area (Å²) in [5.41, 5.74) is -1.94. The summed E-state index contributed by atoms with van der Waals surface area (Å²) >= 11 is 0. The monoisotopic (exact) mass is 260 g/mol. The largest absolute Gasteiger partial charge is 0.394 e. The van der Waals surface area contributed by atoms with Crippen LogP contribution in [0, 0.1) is 11.7 Å². The molecule has 7 nitrogen and oxygen atoms in total. The van der Waals surface area contributed by atoms with Crippen LogP contribution in [0.2, 0.25) is 0 Å². The number of hydrogen-bond acceptors (Lipinski definition) is 5. The standard InChI is InChI=1S/C10H13FN2O5/c1-4-7(15)6(3-14)18-9(4)13-2-5(11)8(16)12-10(13)17/h2,4,6-7,9,14-15H,3H2,1H3,(H,12,16,17)/t4-,6-,7+,9-/m1/s1. The van der Waals surface area contributed by atoms with Gasteiger partial charge in [0.15, 0.2) is 0 Å². The maximum Gasteiger partial charge on any atom is 0.330 e. The lowest BCUT2D eigenvalue weighted by Crippen LogP contribution is -2.35. The highest BCUT2D eigenvalue weighted by Crippen LogP contribution is 2.33. The Labute approximate surface area is 100 Å². The van der Waals surface area contributed by atoms with E-state index in [0.717, 1.165) is 10.8 Å². The molecule has 1 aromatic heterocycles. The van der Waals surface area contributed by atoms with Crippen LogP contribution in [0.15, 0.2) is 15.8 Å². The number of aromatic amines is 1. The fraction of sp³-hybridized carbons (Fsp3) is 0.600. The molecule has 0 amide bonds. The van der Waals surface area contributed by atoms with Crippen LogP contribution in [-0.4, -0.2) is 38.6 Å². The van der Waals surface area contributed by atoms with Crippen LogP contribution >= 0.6 is 0 Å². The van der Waals surface area contributed by atoms with E-state index >= 15 is 0 Å². The van der Waals surface area contributed by atoms with Gasteiger partial charge in [0.1, 0.15) is 12.3 Å². The van der Waals surface area contributed by atoms with Crippen LogP contribution in [-0.2, 0) is 4.74 Å². The highest BCUT2D eigenvalue weighted by Gasteiger charge is 2.42. The molecular weight excluding hydrogens is 247 g/mol. The minimum Gasteiger partial charge on any atom is -0.394 e. The van der Waals surface area contributed by atoms with Gasteiger partial charge in [-0.2, -0.15) is 4.39 Å². The quantitative estimate of drug-likeness (QED) is 0.604. The van der Waals surface area contributed by atoms with Gasteiger partial charge in [-0.25, -0.2) is 4.79 Å². The summed E-state index contributed by atoms with van der Waals surface area (Å²) in [4.78, 5) is 24.2. The zero-order valence-electron chi connectivity index (χ0n) is 9.54. The maximum absolute atomic E-state index is 13.1. The molecule has 0 saturated carbocycles. The highest BCUT2D eigenvalue weighted by atomic mass is 19.1. The second kappa shape index (κ2) is 4.63. The third-order valence-corrected chi connectivity index (χ3v) is 3.06. The summed E-state index contributed by atoms with van der Waals surface area (Å²) < 4.78 is 19.3. The molecule has 0 spiro atoms. The normalized spacial score (nSPS) is 31.8. The Balaban J connectivity index is 2.42. The van der Waals surface area contributed by atoms with Gasteiger partial charge in [-0.05, 0) is 0 Å². The fourth-order valence-electron chi connectivity index (χ4n) is 2.01. The molecule has 1 saturated heterocycles. The molecule has 0 radical (unpaired) electrons. The topological polar surface area (TPSA) is 105 Å². The van der Waals surface area contributed by atoms with Gasteiger partial charge in [-0.1, -0.05) is 6.92 Å². The average molecular weight is 260 g/mol. The number of aromatic nitrogens is 2. The third-order valence-electron chi connectivity index (χ3n) is 3.06. The van der Waals surface area contributed by atoms with Gasteiger partial charge >= 0.3 is 5.69 Å². The molecule has 1 aromatic rings. The summed E-state index contributed by atoms with van der Waals surface area (Å²) in [6.45, 7) is 1.18. The molecule has 100 valence electrons. The van der Waals surface area contributed by atoms with E-state index in [2.05, 4.69) is 0 Å². The molecule has 3 N–H and O–H groups in total. The van der Waals surface area contributed by atoms with Crippen molar-refractivity contribution in [2.45, 2.75) is 25.4 Å². The predicted molar refractivity (Wildman–Crippen MR) is 57.4 cm³/mol. The van der Waals surface area contributed by atoms with Crippen molar-refractivity contribution < 1.29 is 19.3 Å². The van der Waals surface area contributed by atoms with E-state index in [0.29, 0.717) is 0 Å². The van der Waals surface area contributed by atoms with Crippen LogP contribution in [0.3, 0.4) is 0 Å². The number of rotatable bonds is 2. The highest BCUT2D eigenvalue weighted by molar-refractivity contribution is 4.93. The summed E-state index contributed by atoms with van der Waals surface area (Å²) in [5.74, 6) is -1.64. The molecule has 8 heteroatoms. The lowest BCUT2D eigenvalue weighted by molar-refractivity contribution is -0.0480. The van der Waals surface area contributed by atoms with E-state index in [1.807, 2.05) is 0 Å². The molecule has 1 aliphatic heterocycles. The van der Waals surface area contributed by atoms with Crippen molar-refractivity contribution in [3.63, 3.8) is 0 Å². The zero-order chi connectivity index (χ0) is 13.4. The van der Waals surface area contributed by atoms with Crippen molar-refractivity contribution in [2.75, 3.05) is 6.61 Å². The van der Waals surface area contributed by atoms with E-state index < -0.39 is 48.0 Å².